The molecule has 0 aliphatic heterocycles. The quantitative estimate of drug-likeness (QED) is 0.163. The molecule has 3 aromatic carbocycles. The van der Waals surface area contributed by atoms with Crippen molar-refractivity contribution in [2.45, 2.75) is 6.92 Å². The summed E-state index contributed by atoms with van der Waals surface area (Å²) in [4.78, 5) is 13.7. The van der Waals surface area contributed by atoms with Crippen molar-refractivity contribution in [3.05, 3.63) is 111 Å². The number of ketones is 1. The number of benzene rings is 3. The molecule has 5 aromatic rings. The zero-order chi connectivity index (χ0) is 22.8. The number of carbonyl (C=O) groups is 1. The van der Waals surface area contributed by atoms with E-state index in [9.17, 15) is 4.79 Å². The third-order valence-electron chi connectivity index (χ3n) is 4.93. The second kappa shape index (κ2) is 9.09. The van der Waals surface area contributed by atoms with Crippen molar-refractivity contribution in [3.63, 3.8) is 0 Å². The van der Waals surface area contributed by atoms with Crippen LogP contribution in [0.4, 0.5) is 0 Å². The van der Waals surface area contributed by atoms with E-state index >= 15 is 0 Å². The minimum Gasteiger partial charge on any atom is -0.452 e. The third kappa shape index (κ3) is 4.48. The smallest absolute Gasteiger partial charge is 0.258 e. The topological polar surface area (TPSA) is 72.8 Å². The summed E-state index contributed by atoms with van der Waals surface area (Å²) < 4.78 is 8.32. The standard InChI is InChI=1S/C25H17BrN4O2S/c1-16(17-8-4-2-5-9-17)27-28-25-30(20-10-6-3-7-11-20)29-24(33-25)23(31)22-15-18-14-19(26)12-13-21(18)32-22/h2-15H,1H3/b27-16+,28-25+. The van der Waals surface area contributed by atoms with E-state index < -0.39 is 0 Å². The monoisotopic (exact) mass is 516 g/mol. The van der Waals surface area contributed by atoms with Gasteiger partial charge in [0.15, 0.2) is 10.8 Å². The van der Waals surface area contributed by atoms with E-state index in [1.54, 1.807) is 10.7 Å². The third-order valence-corrected chi connectivity index (χ3v) is 6.33. The molecule has 5 rings (SSSR count). The van der Waals surface area contributed by atoms with Crippen LogP contribution in [0.1, 0.15) is 28.0 Å². The molecule has 162 valence electrons. The van der Waals surface area contributed by atoms with Crippen LogP contribution in [0.15, 0.2) is 104 Å². The van der Waals surface area contributed by atoms with E-state index in [1.165, 1.54) is 11.3 Å². The number of fused-ring (bicyclic) bond motifs is 1. The molecule has 0 amide bonds. The maximum absolute atomic E-state index is 13.2. The van der Waals surface area contributed by atoms with Crippen LogP contribution in [0, 0.1) is 0 Å². The summed E-state index contributed by atoms with van der Waals surface area (Å²) in [6.07, 6.45) is 0. The van der Waals surface area contributed by atoms with Crippen molar-refractivity contribution in [3.8, 4) is 5.69 Å². The molecule has 0 aliphatic rings. The van der Waals surface area contributed by atoms with Gasteiger partial charge in [0.1, 0.15) is 5.58 Å². The Morgan fingerprint density at radius 2 is 1.73 bits per heavy atom. The summed E-state index contributed by atoms with van der Waals surface area (Å²) in [5.74, 6) is -0.0743. The van der Waals surface area contributed by atoms with Crippen molar-refractivity contribution < 1.29 is 9.21 Å². The van der Waals surface area contributed by atoms with Gasteiger partial charge in [0.2, 0.25) is 4.80 Å². The van der Waals surface area contributed by atoms with Crippen LogP contribution in [-0.2, 0) is 0 Å². The van der Waals surface area contributed by atoms with Gasteiger partial charge in [-0.05, 0) is 48.9 Å². The highest BCUT2D eigenvalue weighted by atomic mass is 79.9. The minimum atomic E-state index is -0.304. The Labute approximate surface area is 201 Å². The molecule has 0 radical (unpaired) electrons. The minimum absolute atomic E-state index is 0.229. The Morgan fingerprint density at radius 3 is 2.48 bits per heavy atom. The largest absolute Gasteiger partial charge is 0.452 e. The highest BCUT2D eigenvalue weighted by molar-refractivity contribution is 9.10. The van der Waals surface area contributed by atoms with E-state index in [0.717, 1.165) is 26.8 Å². The zero-order valence-electron chi connectivity index (χ0n) is 17.5. The van der Waals surface area contributed by atoms with E-state index in [1.807, 2.05) is 85.8 Å². The van der Waals surface area contributed by atoms with Gasteiger partial charge in [0.05, 0.1) is 11.4 Å². The fourth-order valence-corrected chi connectivity index (χ4v) is 4.44. The first-order chi connectivity index (χ1) is 16.1. The van der Waals surface area contributed by atoms with E-state index in [0.29, 0.717) is 10.4 Å². The lowest BCUT2D eigenvalue weighted by molar-refractivity contribution is 0.101. The molecule has 8 heteroatoms. The number of hydrogen-bond donors (Lipinski definition) is 0. The molecule has 0 saturated carbocycles. The van der Waals surface area contributed by atoms with Crippen molar-refractivity contribution in [2.75, 3.05) is 0 Å². The summed E-state index contributed by atoms with van der Waals surface area (Å²) in [5, 5.41) is 14.5. The van der Waals surface area contributed by atoms with E-state index in [2.05, 4.69) is 31.2 Å². The molecule has 0 aliphatic carbocycles. The number of nitrogens with zero attached hydrogens (tertiary/aromatic N) is 4. The number of hydrogen-bond acceptors (Lipinski definition) is 6. The number of aromatic nitrogens is 2. The van der Waals surface area contributed by atoms with Crippen molar-refractivity contribution >= 4 is 49.7 Å². The summed E-state index contributed by atoms with van der Waals surface area (Å²) in [5.41, 5.74) is 3.16. The van der Waals surface area contributed by atoms with Crippen LogP contribution in [0.5, 0.6) is 0 Å². The van der Waals surface area contributed by atoms with E-state index in [-0.39, 0.29) is 16.6 Å². The molecule has 0 unspecified atom stereocenters. The molecule has 33 heavy (non-hydrogen) atoms. The second-order valence-corrected chi connectivity index (χ2v) is 9.08. The first-order valence-electron chi connectivity index (χ1n) is 10.1. The van der Waals surface area contributed by atoms with Gasteiger partial charge in [-0.2, -0.15) is 10.2 Å². The lowest BCUT2D eigenvalue weighted by atomic mass is 10.1. The molecular weight excluding hydrogens is 500 g/mol. The predicted octanol–water partition coefficient (Wildman–Crippen LogP) is 6.00. The fraction of sp³-hybridized carbons (Fsp3) is 0.0400. The second-order valence-electron chi connectivity index (χ2n) is 7.21. The predicted molar refractivity (Wildman–Crippen MR) is 133 cm³/mol. The maximum atomic E-state index is 13.2. The molecule has 0 saturated heterocycles. The van der Waals surface area contributed by atoms with Crippen LogP contribution < -0.4 is 4.80 Å². The van der Waals surface area contributed by atoms with Gasteiger partial charge in [0.25, 0.3) is 5.78 Å². The molecule has 2 aromatic heterocycles. The number of carbonyl (C=O) groups excluding carboxylic acids is 1. The number of halogens is 1. The van der Waals surface area contributed by atoms with Gasteiger partial charge in [-0.1, -0.05) is 75.8 Å². The van der Waals surface area contributed by atoms with Crippen LogP contribution >= 0.6 is 27.3 Å². The SMILES string of the molecule is C/C(=N\N=c1\sc(C(=O)c2cc3cc(Br)ccc3o2)nn1-c1ccccc1)c1ccccc1. The van der Waals surface area contributed by atoms with Crippen LogP contribution in [0.2, 0.25) is 0 Å². The Bertz CT molecular complexity index is 1550. The summed E-state index contributed by atoms with van der Waals surface area (Å²) >= 11 is 4.61. The van der Waals surface area contributed by atoms with Gasteiger partial charge >= 0.3 is 0 Å². The van der Waals surface area contributed by atoms with Crippen molar-refractivity contribution in [2.24, 2.45) is 10.2 Å². The molecule has 6 nitrogen and oxygen atoms in total. The molecule has 0 atom stereocenters. The number of para-hydroxylation sites is 1. The first-order valence-corrected chi connectivity index (χ1v) is 11.7. The molecule has 2 heterocycles. The fourth-order valence-electron chi connectivity index (χ4n) is 3.26. The molecule has 0 bridgehead atoms. The van der Waals surface area contributed by atoms with Gasteiger partial charge in [0, 0.05) is 9.86 Å². The first kappa shape index (κ1) is 21.2. The zero-order valence-corrected chi connectivity index (χ0v) is 19.9. The van der Waals surface area contributed by atoms with Crippen LogP contribution in [0.25, 0.3) is 16.7 Å². The lowest BCUT2D eigenvalue weighted by Crippen LogP contribution is -2.14. The van der Waals surface area contributed by atoms with Crippen LogP contribution in [-0.4, -0.2) is 21.3 Å². The number of furan rings is 1. The van der Waals surface area contributed by atoms with Gasteiger partial charge < -0.3 is 4.42 Å². The summed E-state index contributed by atoms with van der Waals surface area (Å²) in [7, 11) is 0. The Morgan fingerprint density at radius 1 is 1.00 bits per heavy atom. The highest BCUT2D eigenvalue weighted by Crippen LogP contribution is 2.25. The summed E-state index contributed by atoms with van der Waals surface area (Å²) in [6, 6.07) is 26.7. The average Bonchev–Trinajstić information content (AvgIpc) is 3.47. The van der Waals surface area contributed by atoms with Crippen molar-refractivity contribution in [1.82, 2.24) is 9.78 Å². The van der Waals surface area contributed by atoms with Gasteiger partial charge in [-0.15, -0.1) is 5.10 Å². The van der Waals surface area contributed by atoms with E-state index in [4.69, 9.17) is 4.42 Å². The number of rotatable bonds is 5. The van der Waals surface area contributed by atoms with Crippen molar-refractivity contribution in [1.29, 1.82) is 0 Å². The highest BCUT2D eigenvalue weighted by Gasteiger charge is 2.20. The summed E-state index contributed by atoms with van der Waals surface area (Å²) in [6.45, 7) is 1.89. The molecular formula is C25H17BrN4O2S. The maximum Gasteiger partial charge on any atom is 0.258 e. The van der Waals surface area contributed by atoms with Gasteiger partial charge in [-0.3, -0.25) is 4.79 Å². The van der Waals surface area contributed by atoms with Gasteiger partial charge in [-0.25, -0.2) is 4.68 Å². The molecule has 0 fully saturated rings. The molecule has 0 spiro atoms. The lowest BCUT2D eigenvalue weighted by Gasteiger charge is -1.99. The Hall–Kier alpha value is -3.62. The average molecular weight is 517 g/mol. The van der Waals surface area contributed by atoms with Crippen LogP contribution in [0.3, 0.4) is 0 Å². The Kier molecular flexibility index (Phi) is 5.85. The molecule has 0 N–H and O–H groups in total. The Balaban J connectivity index is 1.59. The normalized spacial score (nSPS) is 12.4.